The summed E-state index contributed by atoms with van der Waals surface area (Å²) in [6.07, 6.45) is 1.56. The number of nitrogens with zero attached hydrogens (tertiary/aromatic N) is 1. The van der Waals surface area contributed by atoms with Crippen molar-refractivity contribution >= 4 is 11.8 Å². The van der Waals surface area contributed by atoms with Crippen molar-refractivity contribution in [1.29, 1.82) is 0 Å². The minimum absolute atomic E-state index is 0.0290. The average Bonchev–Trinajstić information content (AvgIpc) is 2.38. The van der Waals surface area contributed by atoms with Crippen LogP contribution in [-0.4, -0.2) is 55.6 Å². The first-order valence-electron chi connectivity index (χ1n) is 6.79. The van der Waals surface area contributed by atoms with Crippen molar-refractivity contribution in [2.45, 2.75) is 38.8 Å². The van der Waals surface area contributed by atoms with Gasteiger partial charge in [0.15, 0.2) is 0 Å². The summed E-state index contributed by atoms with van der Waals surface area (Å²) in [5.74, 6) is 0.0256. The number of piperidine rings is 1. The number of carbonyl (C=O) groups excluding carboxylic acids is 2. The molecule has 0 radical (unpaired) electrons. The first kappa shape index (κ1) is 15.9. The molecular weight excluding hydrogens is 246 g/mol. The van der Waals surface area contributed by atoms with Gasteiger partial charge in [0.05, 0.1) is 6.61 Å². The number of nitrogens with one attached hydrogen (secondary N) is 1. The number of hydrogen-bond acceptors (Lipinski definition) is 4. The van der Waals surface area contributed by atoms with Gasteiger partial charge in [-0.1, -0.05) is 13.8 Å². The van der Waals surface area contributed by atoms with Crippen molar-refractivity contribution in [3.05, 3.63) is 0 Å². The number of hydrogen-bond donors (Lipinski definition) is 2. The highest BCUT2D eigenvalue weighted by Gasteiger charge is 2.26. The molecule has 2 amide bonds. The van der Waals surface area contributed by atoms with E-state index in [0.717, 1.165) is 12.8 Å². The number of nitrogens with two attached hydrogens (primary N) is 1. The molecule has 0 aromatic heterocycles. The lowest BCUT2D eigenvalue weighted by Gasteiger charge is -2.33. The Hall–Kier alpha value is -1.14. The van der Waals surface area contributed by atoms with E-state index in [9.17, 15) is 9.59 Å². The predicted molar refractivity (Wildman–Crippen MR) is 72.4 cm³/mol. The highest BCUT2D eigenvalue weighted by molar-refractivity contribution is 5.82. The van der Waals surface area contributed by atoms with Crippen LogP contribution in [0.1, 0.15) is 26.7 Å². The molecule has 19 heavy (non-hydrogen) atoms. The average molecular weight is 271 g/mol. The van der Waals surface area contributed by atoms with Crippen molar-refractivity contribution < 1.29 is 14.3 Å². The second kappa shape index (κ2) is 7.45. The maximum Gasteiger partial charge on any atom is 0.239 e. The standard InChI is InChI=1S/C13H25N3O3/c1-9(2)13(18)16-6-4-10(5-7-16)15-12(17)11(14)8-19-3/h9-11H,4-8,14H2,1-3H3,(H,15,17). The summed E-state index contributed by atoms with van der Waals surface area (Å²) in [6, 6.07) is -0.521. The number of ether oxygens (including phenoxy) is 1. The van der Waals surface area contributed by atoms with Gasteiger partial charge >= 0.3 is 0 Å². The van der Waals surface area contributed by atoms with Crippen molar-refractivity contribution in [2.75, 3.05) is 26.8 Å². The number of carbonyl (C=O) groups is 2. The van der Waals surface area contributed by atoms with Gasteiger partial charge < -0.3 is 20.7 Å². The summed E-state index contributed by atoms with van der Waals surface area (Å²) < 4.78 is 4.85. The lowest BCUT2D eigenvalue weighted by Crippen LogP contribution is -2.52. The molecule has 0 bridgehead atoms. The van der Waals surface area contributed by atoms with Crippen molar-refractivity contribution in [3.8, 4) is 0 Å². The SMILES string of the molecule is COCC(N)C(=O)NC1CCN(C(=O)C(C)C)CC1. The molecule has 1 unspecified atom stereocenters. The molecule has 110 valence electrons. The zero-order chi connectivity index (χ0) is 14.4. The highest BCUT2D eigenvalue weighted by Crippen LogP contribution is 2.13. The van der Waals surface area contributed by atoms with Crippen LogP contribution in [0.2, 0.25) is 0 Å². The molecule has 6 nitrogen and oxygen atoms in total. The molecule has 1 rings (SSSR count). The summed E-state index contributed by atoms with van der Waals surface area (Å²) >= 11 is 0. The summed E-state index contributed by atoms with van der Waals surface area (Å²) in [5.41, 5.74) is 5.66. The first-order valence-corrected chi connectivity index (χ1v) is 6.79. The van der Waals surface area contributed by atoms with E-state index in [2.05, 4.69) is 5.32 Å². The quantitative estimate of drug-likeness (QED) is 0.720. The fourth-order valence-corrected chi connectivity index (χ4v) is 2.17. The number of rotatable bonds is 5. The van der Waals surface area contributed by atoms with E-state index in [-0.39, 0.29) is 30.4 Å². The fraction of sp³-hybridized carbons (Fsp3) is 0.846. The molecular formula is C13H25N3O3. The summed E-state index contributed by atoms with van der Waals surface area (Å²) in [6.45, 7) is 5.42. The molecule has 1 aliphatic heterocycles. The van der Waals surface area contributed by atoms with Crippen LogP contribution >= 0.6 is 0 Å². The Balaban J connectivity index is 2.34. The normalized spacial score (nSPS) is 18.5. The smallest absolute Gasteiger partial charge is 0.239 e. The van der Waals surface area contributed by atoms with Crippen LogP contribution in [-0.2, 0) is 14.3 Å². The van der Waals surface area contributed by atoms with E-state index in [1.807, 2.05) is 18.7 Å². The lowest BCUT2D eigenvalue weighted by atomic mass is 10.0. The zero-order valence-electron chi connectivity index (χ0n) is 12.0. The number of amides is 2. The molecule has 3 N–H and O–H groups in total. The van der Waals surface area contributed by atoms with Gasteiger partial charge in [-0.05, 0) is 12.8 Å². The topological polar surface area (TPSA) is 84.7 Å². The molecule has 6 heteroatoms. The van der Waals surface area contributed by atoms with Gasteiger partial charge in [0.25, 0.3) is 0 Å². The molecule has 0 spiro atoms. The van der Waals surface area contributed by atoms with E-state index in [0.29, 0.717) is 13.1 Å². The Labute approximate surface area is 114 Å². The minimum Gasteiger partial charge on any atom is -0.383 e. The van der Waals surface area contributed by atoms with Crippen LogP contribution in [0.5, 0.6) is 0 Å². The second-order valence-electron chi connectivity index (χ2n) is 5.32. The van der Waals surface area contributed by atoms with Crippen molar-refractivity contribution in [2.24, 2.45) is 11.7 Å². The molecule has 0 saturated carbocycles. The molecule has 0 aliphatic carbocycles. The highest BCUT2D eigenvalue weighted by atomic mass is 16.5. The Kier molecular flexibility index (Phi) is 6.24. The van der Waals surface area contributed by atoms with Gasteiger partial charge in [0.1, 0.15) is 6.04 Å². The lowest BCUT2D eigenvalue weighted by molar-refractivity contribution is -0.135. The summed E-state index contributed by atoms with van der Waals surface area (Å²) in [7, 11) is 1.52. The molecule has 1 fully saturated rings. The van der Waals surface area contributed by atoms with Gasteiger partial charge in [-0.2, -0.15) is 0 Å². The maximum atomic E-state index is 11.8. The molecule has 1 atom stereocenters. The Morgan fingerprint density at radius 1 is 1.37 bits per heavy atom. The Morgan fingerprint density at radius 3 is 2.42 bits per heavy atom. The number of methoxy groups -OCH3 is 1. The number of likely N-dealkylation sites (tertiary alicyclic amines) is 1. The largest absolute Gasteiger partial charge is 0.383 e. The van der Waals surface area contributed by atoms with E-state index >= 15 is 0 Å². The third-order valence-electron chi connectivity index (χ3n) is 3.33. The van der Waals surface area contributed by atoms with Gasteiger partial charge in [-0.3, -0.25) is 9.59 Å². The van der Waals surface area contributed by atoms with Gasteiger partial charge in [-0.25, -0.2) is 0 Å². The van der Waals surface area contributed by atoms with Crippen LogP contribution in [0.3, 0.4) is 0 Å². The third kappa shape index (κ3) is 4.80. The Morgan fingerprint density at radius 2 is 1.95 bits per heavy atom. The third-order valence-corrected chi connectivity index (χ3v) is 3.33. The van der Waals surface area contributed by atoms with Crippen molar-refractivity contribution in [1.82, 2.24) is 10.2 Å². The predicted octanol–water partition coefficient (Wildman–Crippen LogP) is -0.277. The maximum absolute atomic E-state index is 11.8. The van der Waals surface area contributed by atoms with E-state index in [1.165, 1.54) is 7.11 Å². The van der Waals surface area contributed by atoms with Gasteiger partial charge in [0, 0.05) is 32.2 Å². The molecule has 1 aliphatic rings. The molecule has 0 aromatic carbocycles. The van der Waals surface area contributed by atoms with Gasteiger partial charge in [-0.15, -0.1) is 0 Å². The van der Waals surface area contributed by atoms with Crippen LogP contribution in [0, 0.1) is 5.92 Å². The molecule has 1 heterocycles. The van der Waals surface area contributed by atoms with Crippen LogP contribution in [0.4, 0.5) is 0 Å². The monoisotopic (exact) mass is 271 g/mol. The molecule has 1 saturated heterocycles. The van der Waals surface area contributed by atoms with E-state index in [4.69, 9.17) is 10.5 Å². The minimum atomic E-state index is -0.625. The first-order chi connectivity index (χ1) is 8.95. The van der Waals surface area contributed by atoms with Crippen LogP contribution in [0.25, 0.3) is 0 Å². The van der Waals surface area contributed by atoms with Crippen molar-refractivity contribution in [3.63, 3.8) is 0 Å². The van der Waals surface area contributed by atoms with E-state index < -0.39 is 6.04 Å². The summed E-state index contributed by atoms with van der Waals surface area (Å²) in [4.78, 5) is 25.4. The van der Waals surface area contributed by atoms with E-state index in [1.54, 1.807) is 0 Å². The summed E-state index contributed by atoms with van der Waals surface area (Å²) in [5, 5.41) is 2.91. The van der Waals surface area contributed by atoms with Crippen LogP contribution in [0.15, 0.2) is 0 Å². The fourth-order valence-electron chi connectivity index (χ4n) is 2.17. The second-order valence-corrected chi connectivity index (χ2v) is 5.32. The van der Waals surface area contributed by atoms with Crippen LogP contribution < -0.4 is 11.1 Å². The molecule has 0 aromatic rings. The zero-order valence-corrected chi connectivity index (χ0v) is 12.0. The van der Waals surface area contributed by atoms with Gasteiger partial charge in [0.2, 0.25) is 11.8 Å². The Bertz CT molecular complexity index is 312.